The lowest BCUT2D eigenvalue weighted by atomic mass is 10.0. The van der Waals surface area contributed by atoms with Crippen LogP contribution in [0.1, 0.15) is 6.42 Å². The van der Waals surface area contributed by atoms with Gasteiger partial charge < -0.3 is 10.0 Å². The molecule has 0 radical (unpaired) electrons. The fraction of sp³-hybridized carbons (Fsp3) is 1.00. The van der Waals surface area contributed by atoms with Crippen molar-refractivity contribution in [2.75, 3.05) is 20.2 Å². The molecule has 0 aromatic heterocycles. The Labute approximate surface area is 69.0 Å². The van der Waals surface area contributed by atoms with Crippen LogP contribution < -0.4 is 0 Å². The molecule has 12 heavy (non-hydrogen) atoms. The summed E-state index contributed by atoms with van der Waals surface area (Å²) in [7, 11) is 1.60. The maximum atomic E-state index is 12.2. The second-order valence-corrected chi connectivity index (χ2v) is 3.17. The lowest BCUT2D eigenvalue weighted by Crippen LogP contribution is -2.39. The Bertz CT molecular complexity index is 159. The van der Waals surface area contributed by atoms with Crippen LogP contribution in [0.25, 0.3) is 0 Å². The van der Waals surface area contributed by atoms with Crippen LogP contribution in [0.5, 0.6) is 0 Å². The molecule has 2 nitrogen and oxygen atoms in total. The molecule has 0 aromatic carbocycles. The highest BCUT2D eigenvalue weighted by molar-refractivity contribution is 4.88. The van der Waals surface area contributed by atoms with Crippen molar-refractivity contribution in [2.45, 2.75) is 18.6 Å². The highest BCUT2D eigenvalue weighted by atomic mass is 19.4. The van der Waals surface area contributed by atoms with Crippen LogP contribution in [0.2, 0.25) is 0 Å². The van der Waals surface area contributed by atoms with Gasteiger partial charge in [-0.3, -0.25) is 0 Å². The van der Waals surface area contributed by atoms with Gasteiger partial charge in [0, 0.05) is 6.04 Å². The molecular formula is C7H12F3NO. The maximum Gasteiger partial charge on any atom is 0.393 e. The predicted molar refractivity (Wildman–Crippen MR) is 37.7 cm³/mol. The maximum absolute atomic E-state index is 12.2. The Hall–Kier alpha value is -0.290. The molecule has 1 N–H and O–H groups in total. The minimum absolute atomic E-state index is 0.102. The summed E-state index contributed by atoms with van der Waals surface area (Å²) in [6, 6.07) is -0.745. The van der Waals surface area contributed by atoms with E-state index in [1.165, 1.54) is 0 Å². The number of rotatable bonds is 1. The van der Waals surface area contributed by atoms with Crippen molar-refractivity contribution in [3.8, 4) is 0 Å². The largest absolute Gasteiger partial charge is 0.395 e. The van der Waals surface area contributed by atoms with Crippen LogP contribution in [0.15, 0.2) is 0 Å². The predicted octanol–water partition coefficient (Wildman–Crippen LogP) is 0.861. The summed E-state index contributed by atoms with van der Waals surface area (Å²) in [5.41, 5.74) is 0. The van der Waals surface area contributed by atoms with Gasteiger partial charge in [0.2, 0.25) is 0 Å². The van der Waals surface area contributed by atoms with Gasteiger partial charge in [0.1, 0.15) is 0 Å². The quantitative estimate of drug-likeness (QED) is 0.651. The van der Waals surface area contributed by atoms with Gasteiger partial charge in [0.25, 0.3) is 0 Å². The third-order valence-electron chi connectivity index (χ3n) is 2.43. The molecule has 0 aromatic rings. The molecule has 0 amide bonds. The molecule has 1 saturated heterocycles. The van der Waals surface area contributed by atoms with Crippen LogP contribution >= 0.6 is 0 Å². The molecule has 0 bridgehead atoms. The van der Waals surface area contributed by atoms with Crippen molar-refractivity contribution in [1.29, 1.82) is 0 Å². The van der Waals surface area contributed by atoms with Crippen molar-refractivity contribution in [2.24, 2.45) is 5.92 Å². The minimum Gasteiger partial charge on any atom is -0.395 e. The summed E-state index contributed by atoms with van der Waals surface area (Å²) in [5, 5.41) is 8.73. The topological polar surface area (TPSA) is 23.5 Å². The van der Waals surface area contributed by atoms with Gasteiger partial charge in [-0.25, -0.2) is 0 Å². The first-order chi connectivity index (χ1) is 5.46. The molecule has 5 heteroatoms. The number of hydrogen-bond acceptors (Lipinski definition) is 2. The molecule has 0 spiro atoms. The zero-order valence-corrected chi connectivity index (χ0v) is 6.80. The summed E-state index contributed by atoms with van der Waals surface area (Å²) in [4.78, 5) is 1.55. The highest BCUT2D eigenvalue weighted by Gasteiger charge is 2.48. The molecule has 1 heterocycles. The zero-order valence-electron chi connectivity index (χ0n) is 6.80. The zero-order chi connectivity index (χ0) is 9.35. The number of hydrogen-bond donors (Lipinski definition) is 1. The fourth-order valence-electron chi connectivity index (χ4n) is 1.66. The van der Waals surface area contributed by atoms with Gasteiger partial charge in [-0.2, -0.15) is 13.2 Å². The first-order valence-corrected chi connectivity index (χ1v) is 3.84. The van der Waals surface area contributed by atoms with E-state index in [9.17, 15) is 13.2 Å². The number of aliphatic hydroxyl groups is 1. The number of halogens is 3. The Balaban J connectivity index is 2.67. The normalized spacial score (nSPS) is 32.8. The first kappa shape index (κ1) is 9.80. The van der Waals surface area contributed by atoms with Crippen molar-refractivity contribution in [3.05, 3.63) is 0 Å². The standard InChI is InChI=1S/C7H12F3NO/c1-11-3-2-5(6(11)4-12)7(8,9)10/h5-6,12H,2-4H2,1H3/t5?,6-/m1/s1. The van der Waals surface area contributed by atoms with Crippen LogP contribution in [-0.2, 0) is 0 Å². The molecule has 0 saturated carbocycles. The molecule has 1 unspecified atom stereocenters. The lowest BCUT2D eigenvalue weighted by Gasteiger charge is -2.24. The highest BCUT2D eigenvalue weighted by Crippen LogP contribution is 2.37. The van der Waals surface area contributed by atoms with E-state index in [-0.39, 0.29) is 6.42 Å². The smallest absolute Gasteiger partial charge is 0.393 e. The Kier molecular flexibility index (Phi) is 2.63. The number of nitrogens with zero attached hydrogens (tertiary/aromatic N) is 1. The van der Waals surface area contributed by atoms with Gasteiger partial charge >= 0.3 is 6.18 Å². The summed E-state index contributed by atoms with van der Waals surface area (Å²) < 4.78 is 36.7. The Morgan fingerprint density at radius 1 is 1.50 bits per heavy atom. The van der Waals surface area contributed by atoms with E-state index in [2.05, 4.69) is 0 Å². The molecule has 0 aliphatic carbocycles. The molecule has 1 rings (SSSR count). The van der Waals surface area contributed by atoms with Crippen molar-refractivity contribution in [3.63, 3.8) is 0 Å². The lowest BCUT2D eigenvalue weighted by molar-refractivity contribution is -0.182. The number of likely N-dealkylation sites (tertiary alicyclic amines) is 1. The Morgan fingerprint density at radius 3 is 2.42 bits per heavy atom. The second kappa shape index (κ2) is 3.22. The SMILES string of the molecule is CN1CCC(C(F)(F)F)[C@H]1CO. The summed E-state index contributed by atoms with van der Waals surface area (Å²) >= 11 is 0. The average molecular weight is 183 g/mol. The fourth-order valence-corrected chi connectivity index (χ4v) is 1.66. The molecule has 2 atom stereocenters. The van der Waals surface area contributed by atoms with E-state index >= 15 is 0 Å². The van der Waals surface area contributed by atoms with E-state index in [4.69, 9.17) is 5.11 Å². The number of alkyl halides is 3. The monoisotopic (exact) mass is 183 g/mol. The third-order valence-corrected chi connectivity index (χ3v) is 2.43. The van der Waals surface area contributed by atoms with Crippen molar-refractivity contribution >= 4 is 0 Å². The van der Waals surface area contributed by atoms with Crippen LogP contribution in [0.3, 0.4) is 0 Å². The number of aliphatic hydroxyl groups excluding tert-OH is 1. The summed E-state index contributed by atoms with van der Waals surface area (Å²) in [5.74, 6) is -1.35. The molecule has 72 valence electrons. The van der Waals surface area contributed by atoms with Gasteiger partial charge in [-0.15, -0.1) is 0 Å². The van der Waals surface area contributed by atoms with E-state index < -0.39 is 24.7 Å². The van der Waals surface area contributed by atoms with Crippen molar-refractivity contribution in [1.82, 2.24) is 4.90 Å². The minimum atomic E-state index is -4.17. The Morgan fingerprint density at radius 2 is 2.08 bits per heavy atom. The molecule has 1 aliphatic heterocycles. The summed E-state index contributed by atoms with van der Waals surface area (Å²) in [6.07, 6.45) is -4.07. The second-order valence-electron chi connectivity index (χ2n) is 3.17. The first-order valence-electron chi connectivity index (χ1n) is 3.84. The van der Waals surface area contributed by atoms with Gasteiger partial charge in [0.05, 0.1) is 12.5 Å². The van der Waals surface area contributed by atoms with E-state index in [1.807, 2.05) is 0 Å². The van der Waals surface area contributed by atoms with E-state index in [0.29, 0.717) is 6.54 Å². The molecule has 1 aliphatic rings. The van der Waals surface area contributed by atoms with E-state index in [0.717, 1.165) is 0 Å². The van der Waals surface area contributed by atoms with Crippen LogP contribution in [-0.4, -0.2) is 42.4 Å². The summed E-state index contributed by atoms with van der Waals surface area (Å²) in [6.45, 7) is -0.00389. The van der Waals surface area contributed by atoms with Crippen LogP contribution in [0.4, 0.5) is 13.2 Å². The molecular weight excluding hydrogens is 171 g/mol. The average Bonchev–Trinajstić information content (AvgIpc) is 2.29. The van der Waals surface area contributed by atoms with Gasteiger partial charge in [0.15, 0.2) is 0 Å². The van der Waals surface area contributed by atoms with Crippen LogP contribution in [0, 0.1) is 5.92 Å². The third kappa shape index (κ3) is 1.72. The van der Waals surface area contributed by atoms with Gasteiger partial charge in [-0.05, 0) is 20.0 Å². The molecule has 1 fully saturated rings. The van der Waals surface area contributed by atoms with Gasteiger partial charge in [-0.1, -0.05) is 0 Å². The van der Waals surface area contributed by atoms with E-state index in [1.54, 1.807) is 11.9 Å². The number of likely N-dealkylation sites (N-methyl/N-ethyl adjacent to an activating group) is 1. The van der Waals surface area contributed by atoms with Crippen molar-refractivity contribution < 1.29 is 18.3 Å².